The smallest absolute Gasteiger partial charge is 0.154 e. The molecular weight excluding hydrogens is 164 g/mol. The largest absolute Gasteiger partial charge is 0.316 e. The predicted octanol–water partition coefficient (Wildman–Crippen LogP) is -0.983. The molecule has 1 heterocycles. The Bertz CT molecular complexity index is 139. The standard InChI is InChI=1S/C6H14N2O2S/c9-11(10)2-1-7-3-6-4-8-5-6/h6-8H,1-5H2,(H,9,10). The fraction of sp³-hybridized carbons (Fsp3) is 1.00. The molecule has 11 heavy (non-hydrogen) atoms. The van der Waals surface area contributed by atoms with Gasteiger partial charge in [0.15, 0.2) is 11.1 Å². The van der Waals surface area contributed by atoms with Gasteiger partial charge in [0.1, 0.15) is 0 Å². The van der Waals surface area contributed by atoms with Crippen molar-refractivity contribution in [3.05, 3.63) is 0 Å². The van der Waals surface area contributed by atoms with Crippen molar-refractivity contribution < 1.29 is 8.76 Å². The van der Waals surface area contributed by atoms with Crippen LogP contribution in [0.15, 0.2) is 0 Å². The van der Waals surface area contributed by atoms with Gasteiger partial charge in [0.25, 0.3) is 0 Å². The Morgan fingerprint density at radius 2 is 2.36 bits per heavy atom. The van der Waals surface area contributed by atoms with Crippen LogP contribution >= 0.6 is 0 Å². The summed E-state index contributed by atoms with van der Waals surface area (Å²) in [4.78, 5) is 0. The SMILES string of the molecule is O=S(O)CCNCC1CNC1. The zero-order valence-corrected chi connectivity index (χ0v) is 7.19. The Balaban J connectivity index is 1.83. The summed E-state index contributed by atoms with van der Waals surface area (Å²) in [6, 6.07) is 0. The minimum atomic E-state index is -1.64. The molecule has 3 N–H and O–H groups in total. The highest BCUT2D eigenvalue weighted by atomic mass is 32.2. The first-order chi connectivity index (χ1) is 5.29. The van der Waals surface area contributed by atoms with Gasteiger partial charge in [0, 0.05) is 26.2 Å². The summed E-state index contributed by atoms with van der Waals surface area (Å²) in [5.74, 6) is 1.06. The van der Waals surface area contributed by atoms with Crippen LogP contribution in [0.5, 0.6) is 0 Å². The summed E-state index contributed by atoms with van der Waals surface area (Å²) in [5, 5.41) is 6.29. The molecule has 4 nitrogen and oxygen atoms in total. The van der Waals surface area contributed by atoms with Gasteiger partial charge in [-0.05, 0) is 5.92 Å². The van der Waals surface area contributed by atoms with Crippen LogP contribution in [0.3, 0.4) is 0 Å². The Morgan fingerprint density at radius 1 is 1.64 bits per heavy atom. The van der Waals surface area contributed by atoms with E-state index in [9.17, 15) is 4.21 Å². The highest BCUT2D eigenvalue weighted by Gasteiger charge is 2.15. The van der Waals surface area contributed by atoms with Crippen LogP contribution in [0, 0.1) is 5.92 Å². The lowest BCUT2D eigenvalue weighted by Crippen LogP contribution is -2.47. The summed E-state index contributed by atoms with van der Waals surface area (Å²) in [6.45, 7) is 3.76. The number of nitrogens with one attached hydrogen (secondary N) is 2. The van der Waals surface area contributed by atoms with E-state index in [1.54, 1.807) is 0 Å². The van der Waals surface area contributed by atoms with Crippen molar-refractivity contribution in [2.45, 2.75) is 0 Å². The van der Waals surface area contributed by atoms with E-state index in [2.05, 4.69) is 10.6 Å². The molecule has 1 rings (SSSR count). The molecule has 1 saturated heterocycles. The molecule has 5 heteroatoms. The molecule has 1 aliphatic heterocycles. The van der Waals surface area contributed by atoms with Gasteiger partial charge in [-0.15, -0.1) is 0 Å². The second-order valence-electron chi connectivity index (χ2n) is 2.75. The maximum Gasteiger partial charge on any atom is 0.154 e. The zero-order chi connectivity index (χ0) is 8.10. The van der Waals surface area contributed by atoms with Gasteiger partial charge in [0.2, 0.25) is 0 Å². The lowest BCUT2D eigenvalue weighted by Gasteiger charge is -2.27. The van der Waals surface area contributed by atoms with E-state index in [-0.39, 0.29) is 0 Å². The molecule has 0 aromatic rings. The van der Waals surface area contributed by atoms with E-state index in [0.717, 1.165) is 25.6 Å². The lowest BCUT2D eigenvalue weighted by molar-refractivity contribution is 0.334. The molecule has 0 aromatic heterocycles. The van der Waals surface area contributed by atoms with Gasteiger partial charge < -0.3 is 15.2 Å². The predicted molar refractivity (Wildman–Crippen MR) is 44.9 cm³/mol. The van der Waals surface area contributed by atoms with Crippen LogP contribution in [-0.4, -0.2) is 40.7 Å². The highest BCUT2D eigenvalue weighted by molar-refractivity contribution is 7.79. The molecular formula is C6H14N2O2S. The first-order valence-electron chi connectivity index (χ1n) is 3.78. The van der Waals surface area contributed by atoms with Gasteiger partial charge in [-0.1, -0.05) is 0 Å². The first-order valence-corrected chi connectivity index (χ1v) is 5.05. The normalized spacial score (nSPS) is 21.2. The topological polar surface area (TPSA) is 61.4 Å². The Kier molecular flexibility index (Phi) is 3.99. The summed E-state index contributed by atoms with van der Waals surface area (Å²) in [5.41, 5.74) is 0. The molecule has 66 valence electrons. The monoisotopic (exact) mass is 178 g/mol. The fourth-order valence-corrected chi connectivity index (χ4v) is 1.28. The van der Waals surface area contributed by atoms with E-state index in [4.69, 9.17) is 4.55 Å². The van der Waals surface area contributed by atoms with Crippen molar-refractivity contribution in [2.75, 3.05) is 31.9 Å². The number of hydrogen-bond donors (Lipinski definition) is 3. The molecule has 0 bridgehead atoms. The molecule has 0 spiro atoms. The maximum atomic E-state index is 10.2. The van der Waals surface area contributed by atoms with E-state index in [1.807, 2.05) is 0 Å². The molecule has 0 aliphatic carbocycles. The van der Waals surface area contributed by atoms with Crippen molar-refractivity contribution >= 4 is 11.1 Å². The quantitative estimate of drug-likeness (QED) is 0.374. The third-order valence-corrected chi connectivity index (χ3v) is 2.31. The Morgan fingerprint density at radius 3 is 2.82 bits per heavy atom. The number of hydrogen-bond acceptors (Lipinski definition) is 3. The third-order valence-electron chi connectivity index (χ3n) is 1.75. The van der Waals surface area contributed by atoms with E-state index in [1.165, 1.54) is 0 Å². The highest BCUT2D eigenvalue weighted by Crippen LogP contribution is 1.98. The molecule has 0 radical (unpaired) electrons. The van der Waals surface area contributed by atoms with Crippen LogP contribution < -0.4 is 10.6 Å². The zero-order valence-electron chi connectivity index (χ0n) is 6.38. The summed E-state index contributed by atoms with van der Waals surface area (Å²) in [6.07, 6.45) is 0. The molecule has 1 unspecified atom stereocenters. The van der Waals surface area contributed by atoms with Crippen molar-refractivity contribution in [1.29, 1.82) is 0 Å². The first kappa shape index (κ1) is 9.12. The van der Waals surface area contributed by atoms with E-state index >= 15 is 0 Å². The van der Waals surface area contributed by atoms with Gasteiger partial charge in [-0.2, -0.15) is 0 Å². The van der Waals surface area contributed by atoms with Gasteiger partial charge in [-0.3, -0.25) is 0 Å². The second kappa shape index (κ2) is 4.82. The Labute approximate surface area is 69.0 Å². The summed E-state index contributed by atoms with van der Waals surface area (Å²) < 4.78 is 18.6. The summed E-state index contributed by atoms with van der Waals surface area (Å²) >= 11 is -1.64. The maximum absolute atomic E-state index is 10.2. The average Bonchev–Trinajstić information content (AvgIpc) is 1.82. The molecule has 0 amide bonds. The molecule has 1 fully saturated rings. The van der Waals surface area contributed by atoms with Crippen molar-refractivity contribution in [2.24, 2.45) is 5.92 Å². The van der Waals surface area contributed by atoms with Gasteiger partial charge in [0.05, 0.1) is 5.75 Å². The van der Waals surface area contributed by atoms with Crippen molar-refractivity contribution in [3.8, 4) is 0 Å². The second-order valence-corrected chi connectivity index (χ2v) is 3.81. The average molecular weight is 178 g/mol. The molecule has 0 aromatic carbocycles. The number of rotatable bonds is 5. The fourth-order valence-electron chi connectivity index (χ4n) is 0.958. The van der Waals surface area contributed by atoms with Gasteiger partial charge in [-0.25, -0.2) is 4.21 Å². The van der Waals surface area contributed by atoms with Gasteiger partial charge >= 0.3 is 0 Å². The van der Waals surface area contributed by atoms with Crippen LogP contribution in [0.4, 0.5) is 0 Å². The van der Waals surface area contributed by atoms with E-state index < -0.39 is 11.1 Å². The van der Waals surface area contributed by atoms with Crippen molar-refractivity contribution in [3.63, 3.8) is 0 Å². The Hall–Kier alpha value is 0.0300. The molecule has 1 atom stereocenters. The van der Waals surface area contributed by atoms with Crippen LogP contribution in [0.2, 0.25) is 0 Å². The van der Waals surface area contributed by atoms with Crippen LogP contribution in [0.25, 0.3) is 0 Å². The van der Waals surface area contributed by atoms with Crippen molar-refractivity contribution in [1.82, 2.24) is 10.6 Å². The lowest BCUT2D eigenvalue weighted by atomic mass is 10.0. The summed E-state index contributed by atoms with van der Waals surface area (Å²) in [7, 11) is 0. The van der Waals surface area contributed by atoms with Crippen LogP contribution in [-0.2, 0) is 11.1 Å². The molecule has 1 aliphatic rings. The third kappa shape index (κ3) is 3.81. The van der Waals surface area contributed by atoms with Crippen LogP contribution in [0.1, 0.15) is 0 Å². The molecule has 0 saturated carbocycles. The minimum absolute atomic E-state index is 0.333. The minimum Gasteiger partial charge on any atom is -0.316 e. The van der Waals surface area contributed by atoms with E-state index in [0.29, 0.717) is 12.3 Å².